The summed E-state index contributed by atoms with van der Waals surface area (Å²) in [6, 6.07) is 0. The molecular formula is C20H17N5O2S. The van der Waals surface area contributed by atoms with E-state index in [2.05, 4.69) is 10.1 Å². The first-order chi connectivity index (χ1) is 13.6. The number of thiazole rings is 1. The van der Waals surface area contributed by atoms with Crippen LogP contribution in [0.5, 0.6) is 0 Å². The lowest BCUT2D eigenvalue weighted by Crippen LogP contribution is -2.25. The highest BCUT2D eigenvalue weighted by Crippen LogP contribution is 2.31. The number of nitrogens with zero attached hydrogens (tertiary/aromatic N) is 5. The second-order valence-electron chi connectivity index (χ2n) is 6.89. The monoisotopic (exact) mass is 391 g/mol. The number of rotatable bonds is 4. The second kappa shape index (κ2) is 6.49. The van der Waals surface area contributed by atoms with Crippen LogP contribution in [-0.2, 0) is 24.8 Å². The van der Waals surface area contributed by atoms with E-state index in [9.17, 15) is 9.59 Å². The number of fused-ring (bicyclic) bond motifs is 3. The molecule has 7 nitrogen and oxygen atoms in total. The molecule has 0 N–H and O–H groups in total. The average Bonchev–Trinajstić information content (AvgIpc) is 3.37. The van der Waals surface area contributed by atoms with Crippen molar-refractivity contribution in [3.8, 4) is 0 Å². The van der Waals surface area contributed by atoms with Gasteiger partial charge in [0.05, 0.1) is 24.0 Å². The number of allylic oxidation sites excluding steroid dienone is 5. The van der Waals surface area contributed by atoms with Crippen molar-refractivity contribution in [3.63, 3.8) is 0 Å². The number of carbonyl (C=O) groups excluding carboxylic acids is 1. The molecule has 0 bridgehead atoms. The van der Waals surface area contributed by atoms with Gasteiger partial charge in [-0.05, 0) is 17.7 Å². The third kappa shape index (κ3) is 2.77. The molecule has 28 heavy (non-hydrogen) atoms. The Hall–Kier alpha value is -3.13. The molecule has 3 aromatic heterocycles. The van der Waals surface area contributed by atoms with Crippen molar-refractivity contribution in [2.45, 2.75) is 19.4 Å². The molecule has 0 amide bonds. The number of hydrogen-bond acceptors (Lipinski definition) is 6. The van der Waals surface area contributed by atoms with Crippen LogP contribution in [0.4, 0.5) is 0 Å². The lowest BCUT2D eigenvalue weighted by atomic mass is 10.1. The molecule has 140 valence electrons. The molecule has 0 radical (unpaired) electrons. The lowest BCUT2D eigenvalue weighted by molar-refractivity contribution is -0.113. The largest absolute Gasteiger partial charge is 0.323 e. The molecule has 0 spiro atoms. The average molecular weight is 391 g/mol. The SMILES string of the molecule is Cn1c2nc(CC3=NCC=C3)sc2c2cnn(CC3=CC(=O)CC=C3)c(=O)c21. The van der Waals surface area contributed by atoms with Crippen molar-refractivity contribution >= 4 is 44.1 Å². The molecule has 4 heterocycles. The van der Waals surface area contributed by atoms with Crippen LogP contribution in [0, 0.1) is 0 Å². The van der Waals surface area contributed by atoms with E-state index in [0.717, 1.165) is 38.6 Å². The van der Waals surface area contributed by atoms with E-state index in [1.165, 1.54) is 4.68 Å². The van der Waals surface area contributed by atoms with Gasteiger partial charge in [-0.3, -0.25) is 14.6 Å². The normalized spacial score (nSPS) is 16.4. The molecule has 1 aliphatic heterocycles. The van der Waals surface area contributed by atoms with Crippen molar-refractivity contribution in [2.24, 2.45) is 12.0 Å². The van der Waals surface area contributed by atoms with Crippen LogP contribution in [0.25, 0.3) is 21.3 Å². The highest BCUT2D eigenvalue weighted by Gasteiger charge is 2.19. The number of carbonyl (C=O) groups is 1. The lowest BCUT2D eigenvalue weighted by Gasteiger charge is -2.08. The first-order valence-corrected chi connectivity index (χ1v) is 9.85. The third-order valence-corrected chi connectivity index (χ3v) is 6.02. The third-order valence-electron chi connectivity index (χ3n) is 4.94. The quantitative estimate of drug-likeness (QED) is 0.684. The fourth-order valence-corrected chi connectivity index (χ4v) is 4.73. The van der Waals surface area contributed by atoms with E-state index in [1.54, 1.807) is 23.6 Å². The number of aryl methyl sites for hydroxylation is 1. The Labute approximate surface area is 164 Å². The van der Waals surface area contributed by atoms with Crippen LogP contribution < -0.4 is 5.56 Å². The molecule has 1 aliphatic carbocycles. The standard InChI is InChI=1S/C20H17N5O2S/c1-24-17-15(18-19(24)23-16(28-18)9-13-5-3-7-21-13)10-22-25(20(17)27)11-12-4-2-6-14(26)8-12/h2-5,8,10H,6-7,9,11H2,1H3. The minimum absolute atomic E-state index is 0.0458. The summed E-state index contributed by atoms with van der Waals surface area (Å²) in [7, 11) is 1.86. The van der Waals surface area contributed by atoms with Gasteiger partial charge in [-0.2, -0.15) is 5.10 Å². The van der Waals surface area contributed by atoms with Gasteiger partial charge in [0.1, 0.15) is 10.5 Å². The van der Waals surface area contributed by atoms with Crippen LogP contribution in [0.15, 0.2) is 51.9 Å². The molecule has 2 aliphatic rings. The van der Waals surface area contributed by atoms with Crippen molar-refractivity contribution < 1.29 is 4.79 Å². The van der Waals surface area contributed by atoms with E-state index >= 15 is 0 Å². The molecule has 0 fully saturated rings. The fourth-order valence-electron chi connectivity index (χ4n) is 3.61. The van der Waals surface area contributed by atoms with Gasteiger partial charge in [0, 0.05) is 31.0 Å². The summed E-state index contributed by atoms with van der Waals surface area (Å²) >= 11 is 1.58. The molecule has 5 rings (SSSR count). The molecule has 0 unspecified atom stereocenters. The second-order valence-corrected chi connectivity index (χ2v) is 7.98. The predicted octanol–water partition coefficient (Wildman–Crippen LogP) is 2.35. The van der Waals surface area contributed by atoms with Crippen molar-refractivity contribution in [1.29, 1.82) is 0 Å². The van der Waals surface area contributed by atoms with Crippen LogP contribution in [-0.4, -0.2) is 37.4 Å². The maximum Gasteiger partial charge on any atom is 0.291 e. The zero-order valence-electron chi connectivity index (χ0n) is 15.3. The minimum Gasteiger partial charge on any atom is -0.323 e. The summed E-state index contributed by atoms with van der Waals surface area (Å²) in [4.78, 5) is 33.8. The fraction of sp³-hybridized carbons (Fsp3) is 0.250. The van der Waals surface area contributed by atoms with Gasteiger partial charge in [-0.1, -0.05) is 18.2 Å². The first-order valence-electron chi connectivity index (χ1n) is 9.04. The number of ketones is 1. The number of aromatic nitrogens is 4. The maximum atomic E-state index is 13.0. The van der Waals surface area contributed by atoms with E-state index in [0.29, 0.717) is 18.4 Å². The van der Waals surface area contributed by atoms with E-state index < -0.39 is 0 Å². The van der Waals surface area contributed by atoms with Gasteiger partial charge < -0.3 is 4.57 Å². The van der Waals surface area contributed by atoms with Gasteiger partial charge in [0.25, 0.3) is 5.56 Å². The maximum absolute atomic E-state index is 13.0. The molecule has 0 aromatic carbocycles. The van der Waals surface area contributed by atoms with Gasteiger partial charge in [0.2, 0.25) is 0 Å². The first kappa shape index (κ1) is 17.0. The van der Waals surface area contributed by atoms with Crippen molar-refractivity contribution in [1.82, 2.24) is 19.3 Å². The molecular weight excluding hydrogens is 374 g/mol. The van der Waals surface area contributed by atoms with Gasteiger partial charge in [-0.15, -0.1) is 11.3 Å². The van der Waals surface area contributed by atoms with Gasteiger partial charge in [0.15, 0.2) is 11.4 Å². The summed E-state index contributed by atoms with van der Waals surface area (Å²) in [5, 5.41) is 6.15. The molecule has 0 saturated heterocycles. The van der Waals surface area contributed by atoms with Gasteiger partial charge in [-0.25, -0.2) is 9.67 Å². The molecule has 0 saturated carbocycles. The Morgan fingerprint density at radius 3 is 2.89 bits per heavy atom. The Morgan fingerprint density at radius 2 is 2.11 bits per heavy atom. The number of aliphatic imine (C=N–C) groups is 1. The Kier molecular flexibility index (Phi) is 3.94. The minimum atomic E-state index is -0.179. The highest BCUT2D eigenvalue weighted by molar-refractivity contribution is 7.19. The van der Waals surface area contributed by atoms with E-state index in [1.807, 2.05) is 35.9 Å². The predicted molar refractivity (Wildman–Crippen MR) is 110 cm³/mol. The summed E-state index contributed by atoms with van der Waals surface area (Å²) in [5.74, 6) is 0.0458. The van der Waals surface area contributed by atoms with Crippen molar-refractivity contribution in [2.75, 3.05) is 6.54 Å². The van der Waals surface area contributed by atoms with E-state index in [-0.39, 0.29) is 17.9 Å². The van der Waals surface area contributed by atoms with Crippen LogP contribution in [0.1, 0.15) is 11.4 Å². The molecule has 8 heteroatoms. The van der Waals surface area contributed by atoms with E-state index in [4.69, 9.17) is 4.98 Å². The zero-order valence-corrected chi connectivity index (χ0v) is 16.1. The number of hydrogen-bond donors (Lipinski definition) is 0. The van der Waals surface area contributed by atoms with Crippen LogP contribution in [0.3, 0.4) is 0 Å². The van der Waals surface area contributed by atoms with Crippen LogP contribution >= 0.6 is 11.3 Å². The zero-order chi connectivity index (χ0) is 19.3. The van der Waals surface area contributed by atoms with Gasteiger partial charge >= 0.3 is 0 Å². The summed E-state index contributed by atoms with van der Waals surface area (Å²) in [6.45, 7) is 1.02. The smallest absolute Gasteiger partial charge is 0.291 e. The van der Waals surface area contributed by atoms with Crippen molar-refractivity contribution in [3.05, 3.63) is 57.5 Å². The topological polar surface area (TPSA) is 82.1 Å². The summed E-state index contributed by atoms with van der Waals surface area (Å²) in [5.41, 5.74) is 3.02. The highest BCUT2D eigenvalue weighted by atomic mass is 32.1. The Balaban J connectivity index is 1.56. The molecule has 0 atom stereocenters. The molecule has 3 aromatic rings. The van der Waals surface area contributed by atoms with Crippen LogP contribution in [0.2, 0.25) is 0 Å². The Morgan fingerprint density at radius 1 is 1.21 bits per heavy atom. The Bertz CT molecular complexity index is 1320. The summed E-state index contributed by atoms with van der Waals surface area (Å²) < 4.78 is 4.21. The summed E-state index contributed by atoms with van der Waals surface area (Å²) in [6.07, 6.45) is 12.2.